The highest BCUT2D eigenvalue weighted by molar-refractivity contribution is 5.71. The predicted molar refractivity (Wildman–Crippen MR) is 93.9 cm³/mol. The summed E-state index contributed by atoms with van der Waals surface area (Å²) in [4.78, 5) is 5.05. The zero-order valence-electron chi connectivity index (χ0n) is 13.2. The summed E-state index contributed by atoms with van der Waals surface area (Å²) in [6.07, 6.45) is 2.00. The predicted octanol–water partition coefficient (Wildman–Crippen LogP) is 5.54. The molecule has 1 heteroatoms. The van der Waals surface area contributed by atoms with Crippen LogP contribution >= 0.6 is 0 Å². The van der Waals surface area contributed by atoms with Crippen LogP contribution in [0.1, 0.15) is 25.0 Å². The van der Waals surface area contributed by atoms with E-state index in [1.165, 1.54) is 22.3 Å². The van der Waals surface area contributed by atoms with Gasteiger partial charge in [0.2, 0.25) is 0 Å². The average molecular weight is 287 g/mol. The molecular formula is C21H21N. The molecule has 3 aromatic rings. The molecule has 1 heterocycles. The first-order valence-electron chi connectivity index (χ1n) is 7.97. The van der Waals surface area contributed by atoms with Crippen molar-refractivity contribution in [2.75, 3.05) is 0 Å². The Bertz CT molecular complexity index is 683. The molecule has 110 valence electrons. The molecule has 2 aromatic carbocycles. The lowest BCUT2D eigenvalue weighted by Crippen LogP contribution is -1.99. The zero-order valence-corrected chi connectivity index (χ0v) is 13.2. The summed E-state index contributed by atoms with van der Waals surface area (Å²) in [7, 11) is 0. The van der Waals surface area contributed by atoms with Gasteiger partial charge in [-0.05, 0) is 24.0 Å². The van der Waals surface area contributed by atoms with Crippen molar-refractivity contribution in [3.8, 4) is 22.5 Å². The number of hydrogen-bond donors (Lipinski definition) is 0. The number of aromatic nitrogens is 1. The second kappa shape index (κ2) is 6.57. The third-order valence-corrected chi connectivity index (χ3v) is 4.04. The molecule has 0 unspecified atom stereocenters. The molecular weight excluding hydrogens is 266 g/mol. The van der Waals surface area contributed by atoms with E-state index in [2.05, 4.69) is 68.4 Å². The van der Waals surface area contributed by atoms with Crippen LogP contribution in [0.25, 0.3) is 22.5 Å². The molecule has 0 aliphatic carbocycles. The van der Waals surface area contributed by atoms with Crippen molar-refractivity contribution in [2.24, 2.45) is 0 Å². The first-order valence-corrected chi connectivity index (χ1v) is 7.97. The van der Waals surface area contributed by atoms with Crippen LogP contribution in [0.15, 0.2) is 66.7 Å². The van der Waals surface area contributed by atoms with E-state index in [-0.39, 0.29) is 0 Å². The Labute approximate surface area is 132 Å². The van der Waals surface area contributed by atoms with Gasteiger partial charge in [0.05, 0.1) is 11.4 Å². The Morgan fingerprint density at radius 3 is 1.41 bits per heavy atom. The quantitative estimate of drug-likeness (QED) is 0.614. The zero-order chi connectivity index (χ0) is 15.4. The number of hydrogen-bond acceptors (Lipinski definition) is 1. The molecule has 0 spiro atoms. The van der Waals surface area contributed by atoms with Gasteiger partial charge < -0.3 is 0 Å². The van der Waals surface area contributed by atoms with Crippen LogP contribution in [0.5, 0.6) is 0 Å². The van der Waals surface area contributed by atoms with Gasteiger partial charge in [0.25, 0.3) is 0 Å². The maximum absolute atomic E-state index is 5.05. The third-order valence-electron chi connectivity index (χ3n) is 4.04. The van der Waals surface area contributed by atoms with E-state index in [1.54, 1.807) is 0 Å². The van der Waals surface area contributed by atoms with Crippen LogP contribution in [0, 0.1) is 0 Å². The van der Waals surface area contributed by atoms with Crippen molar-refractivity contribution in [3.63, 3.8) is 0 Å². The molecule has 1 nitrogen and oxygen atoms in total. The fourth-order valence-electron chi connectivity index (χ4n) is 2.83. The minimum Gasteiger partial charge on any atom is -0.247 e. The molecule has 22 heavy (non-hydrogen) atoms. The number of nitrogens with zero attached hydrogens (tertiary/aromatic N) is 1. The highest BCUT2D eigenvalue weighted by Gasteiger charge is 2.12. The minimum absolute atomic E-state index is 0.999. The minimum atomic E-state index is 0.999. The summed E-state index contributed by atoms with van der Waals surface area (Å²) in [5.74, 6) is 0. The van der Waals surface area contributed by atoms with Gasteiger partial charge in [0, 0.05) is 11.1 Å². The SMILES string of the molecule is CCc1cc(CC)c(-c2ccccc2)nc1-c1ccccc1. The Morgan fingerprint density at radius 1 is 0.636 bits per heavy atom. The smallest absolute Gasteiger partial charge is 0.0741 e. The van der Waals surface area contributed by atoms with Crippen molar-refractivity contribution < 1.29 is 0 Å². The normalized spacial score (nSPS) is 10.6. The van der Waals surface area contributed by atoms with Crippen molar-refractivity contribution >= 4 is 0 Å². The van der Waals surface area contributed by atoms with Crippen LogP contribution in [0.2, 0.25) is 0 Å². The molecule has 0 radical (unpaired) electrons. The molecule has 0 saturated heterocycles. The summed E-state index contributed by atoms with van der Waals surface area (Å²) in [5, 5.41) is 0. The maximum Gasteiger partial charge on any atom is 0.0741 e. The fourth-order valence-corrected chi connectivity index (χ4v) is 2.83. The Balaban J connectivity index is 2.22. The lowest BCUT2D eigenvalue weighted by Gasteiger charge is -2.14. The lowest BCUT2D eigenvalue weighted by atomic mass is 9.96. The first-order chi connectivity index (χ1) is 10.8. The largest absolute Gasteiger partial charge is 0.247 e. The van der Waals surface area contributed by atoms with E-state index in [0.717, 1.165) is 24.2 Å². The van der Waals surface area contributed by atoms with Gasteiger partial charge in [0.1, 0.15) is 0 Å². The van der Waals surface area contributed by atoms with Crippen LogP contribution < -0.4 is 0 Å². The molecule has 0 aliphatic rings. The molecule has 0 aliphatic heterocycles. The number of benzene rings is 2. The number of rotatable bonds is 4. The molecule has 0 atom stereocenters. The Hall–Kier alpha value is -2.41. The lowest BCUT2D eigenvalue weighted by molar-refractivity contribution is 1.05. The molecule has 0 saturated carbocycles. The van der Waals surface area contributed by atoms with E-state index >= 15 is 0 Å². The van der Waals surface area contributed by atoms with Gasteiger partial charge in [-0.25, -0.2) is 4.98 Å². The average Bonchev–Trinajstić information content (AvgIpc) is 2.62. The Kier molecular flexibility index (Phi) is 4.34. The number of aryl methyl sites for hydroxylation is 2. The summed E-state index contributed by atoms with van der Waals surface area (Å²) in [6, 6.07) is 23.3. The van der Waals surface area contributed by atoms with Gasteiger partial charge >= 0.3 is 0 Å². The monoisotopic (exact) mass is 287 g/mol. The molecule has 0 bridgehead atoms. The van der Waals surface area contributed by atoms with Crippen LogP contribution in [-0.2, 0) is 12.8 Å². The molecule has 0 N–H and O–H groups in total. The number of pyridine rings is 1. The van der Waals surface area contributed by atoms with Crippen LogP contribution in [0.3, 0.4) is 0 Å². The summed E-state index contributed by atoms with van der Waals surface area (Å²) in [6.45, 7) is 4.40. The second-order valence-corrected chi connectivity index (χ2v) is 5.44. The second-order valence-electron chi connectivity index (χ2n) is 5.44. The van der Waals surface area contributed by atoms with Crippen LogP contribution in [-0.4, -0.2) is 4.98 Å². The van der Waals surface area contributed by atoms with Crippen molar-refractivity contribution in [1.82, 2.24) is 4.98 Å². The summed E-state index contributed by atoms with van der Waals surface area (Å²) in [5.41, 5.74) is 7.25. The first kappa shape index (κ1) is 14.5. The van der Waals surface area contributed by atoms with E-state index in [4.69, 9.17) is 4.98 Å². The highest BCUT2D eigenvalue weighted by atomic mass is 14.7. The van der Waals surface area contributed by atoms with Gasteiger partial charge in [-0.15, -0.1) is 0 Å². The highest BCUT2D eigenvalue weighted by Crippen LogP contribution is 2.30. The summed E-state index contributed by atoms with van der Waals surface area (Å²) >= 11 is 0. The summed E-state index contributed by atoms with van der Waals surface area (Å²) < 4.78 is 0. The van der Waals surface area contributed by atoms with Gasteiger partial charge in [-0.1, -0.05) is 80.6 Å². The van der Waals surface area contributed by atoms with E-state index in [0.29, 0.717) is 0 Å². The maximum atomic E-state index is 5.05. The third kappa shape index (κ3) is 2.80. The standard InChI is InChI=1S/C21H21N/c1-3-16-15-17(4-2)21(19-13-9-6-10-14-19)22-20(16)18-11-7-5-8-12-18/h5-15H,3-4H2,1-2H3. The fraction of sp³-hybridized carbons (Fsp3) is 0.190. The molecule has 1 aromatic heterocycles. The van der Waals surface area contributed by atoms with Crippen molar-refractivity contribution in [2.45, 2.75) is 26.7 Å². The van der Waals surface area contributed by atoms with E-state index in [1.807, 2.05) is 12.1 Å². The van der Waals surface area contributed by atoms with Gasteiger partial charge in [-0.2, -0.15) is 0 Å². The van der Waals surface area contributed by atoms with E-state index < -0.39 is 0 Å². The van der Waals surface area contributed by atoms with E-state index in [9.17, 15) is 0 Å². The van der Waals surface area contributed by atoms with Crippen molar-refractivity contribution in [3.05, 3.63) is 77.9 Å². The van der Waals surface area contributed by atoms with Crippen LogP contribution in [0.4, 0.5) is 0 Å². The Morgan fingerprint density at radius 2 is 1.05 bits per heavy atom. The molecule has 0 amide bonds. The van der Waals surface area contributed by atoms with Gasteiger partial charge in [-0.3, -0.25) is 0 Å². The van der Waals surface area contributed by atoms with Gasteiger partial charge in [0.15, 0.2) is 0 Å². The molecule has 0 fully saturated rings. The molecule has 3 rings (SSSR count). The van der Waals surface area contributed by atoms with Crippen molar-refractivity contribution in [1.29, 1.82) is 0 Å². The topological polar surface area (TPSA) is 12.9 Å².